The molecule has 2 N–H and O–H groups in total. The van der Waals surface area contributed by atoms with Crippen molar-refractivity contribution in [1.29, 1.82) is 0 Å². The normalized spacial score (nSPS) is 10.3. The molecule has 1 aromatic carbocycles. The van der Waals surface area contributed by atoms with Gasteiger partial charge in [0.05, 0.1) is 13.0 Å². The van der Waals surface area contributed by atoms with Gasteiger partial charge in [-0.15, -0.1) is 0 Å². The fourth-order valence-electron chi connectivity index (χ4n) is 2.46. The fraction of sp³-hybridized carbons (Fsp3) is 0.524. The van der Waals surface area contributed by atoms with Crippen LogP contribution in [0.15, 0.2) is 30.3 Å². The second-order valence-electron chi connectivity index (χ2n) is 7.10. The van der Waals surface area contributed by atoms with Crippen molar-refractivity contribution in [3.63, 3.8) is 0 Å². The number of esters is 2. The predicted molar refractivity (Wildman–Crippen MR) is 110 cm³/mol. The van der Waals surface area contributed by atoms with Crippen LogP contribution in [0.2, 0.25) is 0 Å². The van der Waals surface area contributed by atoms with Crippen LogP contribution in [-0.4, -0.2) is 61.6 Å². The first kappa shape index (κ1) is 24.9. The third-order valence-corrected chi connectivity index (χ3v) is 3.82. The van der Waals surface area contributed by atoms with Crippen LogP contribution in [-0.2, 0) is 30.5 Å². The van der Waals surface area contributed by atoms with Crippen molar-refractivity contribution in [2.45, 2.75) is 33.8 Å². The molecule has 166 valence electrons. The van der Waals surface area contributed by atoms with Crippen LogP contribution in [0.3, 0.4) is 0 Å². The summed E-state index contributed by atoms with van der Waals surface area (Å²) in [5, 5.41) is 5.05. The van der Waals surface area contributed by atoms with E-state index in [0.717, 1.165) is 5.56 Å². The van der Waals surface area contributed by atoms with Gasteiger partial charge in [-0.1, -0.05) is 44.2 Å². The quantitative estimate of drug-likeness (QED) is 0.390. The molecular formula is C21H31N3O6. The van der Waals surface area contributed by atoms with Crippen LogP contribution in [0.5, 0.6) is 0 Å². The lowest BCUT2D eigenvalue weighted by molar-refractivity contribution is -0.145. The molecule has 0 atom stereocenters. The molecule has 9 nitrogen and oxygen atoms in total. The molecule has 0 heterocycles. The number of rotatable bonds is 12. The molecule has 0 aliphatic heterocycles. The summed E-state index contributed by atoms with van der Waals surface area (Å²) in [4.78, 5) is 48.3. The zero-order valence-electron chi connectivity index (χ0n) is 17.8. The molecule has 0 unspecified atom stereocenters. The van der Waals surface area contributed by atoms with Gasteiger partial charge in [0.2, 0.25) is 5.91 Å². The molecule has 0 fully saturated rings. The summed E-state index contributed by atoms with van der Waals surface area (Å²) in [6.07, 6.45) is 0.0126. The maximum atomic E-state index is 12.4. The highest BCUT2D eigenvalue weighted by atomic mass is 16.5. The Kier molecular flexibility index (Phi) is 11.6. The summed E-state index contributed by atoms with van der Waals surface area (Å²) in [6.45, 7) is 6.02. The molecule has 0 spiro atoms. The van der Waals surface area contributed by atoms with Crippen molar-refractivity contribution in [3.8, 4) is 0 Å². The average Bonchev–Trinajstić information content (AvgIpc) is 2.71. The van der Waals surface area contributed by atoms with Gasteiger partial charge in [-0.05, 0) is 11.5 Å². The van der Waals surface area contributed by atoms with Crippen LogP contribution in [0.25, 0.3) is 0 Å². The van der Waals surface area contributed by atoms with Crippen LogP contribution in [0, 0.1) is 5.92 Å². The Morgan fingerprint density at radius 2 is 1.70 bits per heavy atom. The molecule has 0 aliphatic rings. The van der Waals surface area contributed by atoms with E-state index in [4.69, 9.17) is 9.47 Å². The minimum Gasteiger partial charge on any atom is -0.464 e. The van der Waals surface area contributed by atoms with E-state index in [2.05, 4.69) is 10.6 Å². The minimum absolute atomic E-state index is 0.0126. The molecule has 3 amide bonds. The number of carbonyl (C=O) groups excluding carboxylic acids is 4. The Morgan fingerprint density at radius 1 is 1.00 bits per heavy atom. The fourth-order valence-corrected chi connectivity index (χ4v) is 2.46. The first-order valence-corrected chi connectivity index (χ1v) is 9.90. The molecule has 0 aliphatic carbocycles. The Balaban J connectivity index is 2.37. The second-order valence-corrected chi connectivity index (χ2v) is 7.10. The van der Waals surface area contributed by atoms with Gasteiger partial charge < -0.3 is 25.0 Å². The van der Waals surface area contributed by atoms with E-state index >= 15 is 0 Å². The highest BCUT2D eigenvalue weighted by Gasteiger charge is 2.18. The van der Waals surface area contributed by atoms with Gasteiger partial charge in [0.1, 0.15) is 19.8 Å². The molecule has 0 bridgehead atoms. The number of nitrogens with one attached hydrogen (secondary N) is 2. The smallest absolute Gasteiger partial charge is 0.325 e. The first-order valence-electron chi connectivity index (χ1n) is 9.90. The molecule has 0 aromatic heterocycles. The number of urea groups is 1. The maximum Gasteiger partial charge on any atom is 0.325 e. The minimum atomic E-state index is -0.547. The summed E-state index contributed by atoms with van der Waals surface area (Å²) in [7, 11) is 0. The van der Waals surface area contributed by atoms with Gasteiger partial charge in [0, 0.05) is 20.0 Å². The number of carbonyl (C=O) groups is 4. The number of benzene rings is 1. The molecule has 30 heavy (non-hydrogen) atoms. The van der Waals surface area contributed by atoms with E-state index in [-0.39, 0.29) is 51.1 Å². The third-order valence-electron chi connectivity index (χ3n) is 3.82. The number of ether oxygens (including phenoxy) is 2. The predicted octanol–water partition coefficient (Wildman–Crippen LogP) is 1.47. The van der Waals surface area contributed by atoms with E-state index in [1.165, 1.54) is 11.8 Å². The van der Waals surface area contributed by atoms with E-state index in [0.29, 0.717) is 6.54 Å². The second kappa shape index (κ2) is 14.0. The summed E-state index contributed by atoms with van der Waals surface area (Å²) in [6, 6.07) is 8.79. The molecule has 0 radical (unpaired) electrons. The average molecular weight is 421 g/mol. The Labute approximate surface area is 177 Å². The van der Waals surface area contributed by atoms with Crippen molar-refractivity contribution in [1.82, 2.24) is 15.5 Å². The largest absolute Gasteiger partial charge is 0.464 e. The van der Waals surface area contributed by atoms with Crippen molar-refractivity contribution < 1.29 is 28.7 Å². The third kappa shape index (κ3) is 11.7. The highest BCUT2D eigenvalue weighted by Crippen LogP contribution is 2.03. The highest BCUT2D eigenvalue weighted by molar-refractivity contribution is 5.81. The lowest BCUT2D eigenvalue weighted by Crippen LogP contribution is -2.44. The molecule has 0 saturated carbocycles. The molecular weight excluding hydrogens is 390 g/mol. The van der Waals surface area contributed by atoms with Crippen LogP contribution in [0.1, 0.15) is 32.8 Å². The van der Waals surface area contributed by atoms with Crippen LogP contribution < -0.4 is 10.6 Å². The molecule has 9 heteroatoms. The number of amides is 3. The Morgan fingerprint density at radius 3 is 2.33 bits per heavy atom. The zero-order chi connectivity index (χ0) is 22.4. The summed E-state index contributed by atoms with van der Waals surface area (Å²) >= 11 is 0. The standard InChI is InChI=1S/C21H31N3O6/c1-16(2)14-24(11-9-19(26)29-12-10-22-17(3)25)21(28)23-13-20(27)30-15-18-7-5-4-6-8-18/h4-8,16H,9-15H2,1-3H3,(H,22,25)(H,23,28). The molecule has 1 aromatic rings. The van der Waals surface area contributed by atoms with Crippen molar-refractivity contribution in [2.24, 2.45) is 5.92 Å². The van der Waals surface area contributed by atoms with E-state index in [1.54, 1.807) is 0 Å². The maximum absolute atomic E-state index is 12.4. The van der Waals surface area contributed by atoms with Gasteiger partial charge >= 0.3 is 18.0 Å². The first-order chi connectivity index (χ1) is 14.3. The number of hydrogen-bond donors (Lipinski definition) is 2. The van der Waals surface area contributed by atoms with Gasteiger partial charge in [-0.25, -0.2) is 4.79 Å². The zero-order valence-corrected chi connectivity index (χ0v) is 17.8. The number of nitrogens with zero attached hydrogens (tertiary/aromatic N) is 1. The van der Waals surface area contributed by atoms with Crippen molar-refractivity contribution in [2.75, 3.05) is 32.8 Å². The lowest BCUT2D eigenvalue weighted by atomic mass is 10.2. The summed E-state index contributed by atoms with van der Waals surface area (Å²) < 4.78 is 10.1. The SMILES string of the molecule is CC(=O)NCCOC(=O)CCN(CC(C)C)C(=O)NCC(=O)OCc1ccccc1. The lowest BCUT2D eigenvalue weighted by Gasteiger charge is -2.24. The number of hydrogen-bond acceptors (Lipinski definition) is 6. The van der Waals surface area contributed by atoms with Gasteiger partial charge in [0.15, 0.2) is 0 Å². The molecule has 1 rings (SSSR count). The topological polar surface area (TPSA) is 114 Å². The van der Waals surface area contributed by atoms with Gasteiger partial charge in [-0.2, -0.15) is 0 Å². The van der Waals surface area contributed by atoms with Crippen LogP contribution >= 0.6 is 0 Å². The van der Waals surface area contributed by atoms with Crippen molar-refractivity contribution >= 4 is 23.9 Å². The van der Waals surface area contributed by atoms with Gasteiger partial charge in [-0.3, -0.25) is 14.4 Å². The van der Waals surface area contributed by atoms with Crippen LogP contribution in [0.4, 0.5) is 4.79 Å². The van der Waals surface area contributed by atoms with E-state index < -0.39 is 18.0 Å². The monoisotopic (exact) mass is 421 g/mol. The molecule has 0 saturated heterocycles. The Hall–Kier alpha value is -3.10. The summed E-state index contributed by atoms with van der Waals surface area (Å²) in [5.74, 6) is -1.04. The Bertz CT molecular complexity index is 693. The van der Waals surface area contributed by atoms with Gasteiger partial charge in [0.25, 0.3) is 0 Å². The van der Waals surface area contributed by atoms with E-state index in [9.17, 15) is 19.2 Å². The van der Waals surface area contributed by atoms with E-state index in [1.807, 2.05) is 44.2 Å². The summed E-state index contributed by atoms with van der Waals surface area (Å²) in [5.41, 5.74) is 0.857. The van der Waals surface area contributed by atoms with Crippen molar-refractivity contribution in [3.05, 3.63) is 35.9 Å².